The Labute approximate surface area is 149 Å². The summed E-state index contributed by atoms with van der Waals surface area (Å²) in [5.41, 5.74) is 3.32. The molecular formula is C20H26N2O3. The van der Waals surface area contributed by atoms with Gasteiger partial charge in [0.15, 0.2) is 0 Å². The molecule has 0 aliphatic carbocycles. The summed E-state index contributed by atoms with van der Waals surface area (Å²) in [6, 6.07) is 11.3. The molecule has 0 aliphatic heterocycles. The molecule has 0 aromatic heterocycles. The maximum Gasteiger partial charge on any atom is 0.263 e. The van der Waals surface area contributed by atoms with Gasteiger partial charge in [0.1, 0.15) is 17.1 Å². The Morgan fingerprint density at radius 1 is 1.04 bits per heavy atom. The lowest BCUT2D eigenvalue weighted by atomic mass is 10.1. The molecular weight excluding hydrogens is 316 g/mol. The van der Waals surface area contributed by atoms with Gasteiger partial charge in [-0.05, 0) is 56.7 Å². The lowest BCUT2D eigenvalue weighted by Gasteiger charge is -2.22. The first-order chi connectivity index (χ1) is 12.0. The molecule has 0 spiro atoms. The largest absolute Gasteiger partial charge is 0.496 e. The fourth-order valence-electron chi connectivity index (χ4n) is 2.83. The van der Waals surface area contributed by atoms with Crippen LogP contribution >= 0.6 is 0 Å². The molecule has 0 heterocycles. The van der Waals surface area contributed by atoms with Gasteiger partial charge in [0, 0.05) is 24.5 Å². The number of nitrogens with zero attached hydrogens (tertiary/aromatic N) is 1. The summed E-state index contributed by atoms with van der Waals surface area (Å²) in [7, 11) is 3.07. The van der Waals surface area contributed by atoms with Crippen molar-refractivity contribution in [3.8, 4) is 11.5 Å². The Bertz CT molecular complexity index is 717. The highest BCUT2D eigenvalue weighted by Gasteiger charge is 2.19. The van der Waals surface area contributed by atoms with Crippen molar-refractivity contribution in [2.24, 2.45) is 0 Å². The van der Waals surface area contributed by atoms with Crippen LogP contribution in [0.5, 0.6) is 11.5 Å². The average Bonchev–Trinajstić information content (AvgIpc) is 2.63. The molecule has 0 unspecified atom stereocenters. The summed E-state index contributed by atoms with van der Waals surface area (Å²) < 4.78 is 10.6. The number of aryl methyl sites for hydroxylation is 1. The van der Waals surface area contributed by atoms with Gasteiger partial charge in [0.25, 0.3) is 5.91 Å². The second kappa shape index (κ2) is 8.42. The minimum absolute atomic E-state index is 0.256. The van der Waals surface area contributed by atoms with Crippen molar-refractivity contribution >= 4 is 17.3 Å². The van der Waals surface area contributed by atoms with Crippen molar-refractivity contribution in [3.63, 3.8) is 0 Å². The Morgan fingerprint density at radius 3 is 2.12 bits per heavy atom. The molecule has 2 aromatic rings. The highest BCUT2D eigenvalue weighted by atomic mass is 16.5. The Morgan fingerprint density at radius 2 is 1.64 bits per heavy atom. The van der Waals surface area contributed by atoms with Gasteiger partial charge in [-0.15, -0.1) is 0 Å². The summed E-state index contributed by atoms with van der Waals surface area (Å²) in [4.78, 5) is 15.0. The predicted molar refractivity (Wildman–Crippen MR) is 102 cm³/mol. The van der Waals surface area contributed by atoms with Crippen molar-refractivity contribution in [1.82, 2.24) is 0 Å². The molecule has 5 nitrogen and oxygen atoms in total. The molecule has 0 aliphatic rings. The second-order valence-electron chi connectivity index (χ2n) is 5.66. The molecule has 0 radical (unpaired) electrons. The minimum Gasteiger partial charge on any atom is -0.496 e. The number of hydrogen-bond acceptors (Lipinski definition) is 4. The zero-order chi connectivity index (χ0) is 18.4. The van der Waals surface area contributed by atoms with E-state index in [9.17, 15) is 4.79 Å². The zero-order valence-electron chi connectivity index (χ0n) is 15.6. The van der Waals surface area contributed by atoms with Gasteiger partial charge in [-0.2, -0.15) is 0 Å². The fourth-order valence-corrected chi connectivity index (χ4v) is 2.83. The van der Waals surface area contributed by atoms with Crippen LogP contribution in [0.4, 0.5) is 11.4 Å². The molecule has 0 saturated heterocycles. The molecule has 0 fully saturated rings. The van der Waals surface area contributed by atoms with Gasteiger partial charge < -0.3 is 19.7 Å². The van der Waals surface area contributed by atoms with Crippen LogP contribution in [-0.2, 0) is 0 Å². The zero-order valence-corrected chi connectivity index (χ0v) is 15.6. The highest BCUT2D eigenvalue weighted by Crippen LogP contribution is 2.30. The van der Waals surface area contributed by atoms with Gasteiger partial charge in [-0.3, -0.25) is 4.79 Å². The average molecular weight is 342 g/mol. The molecule has 2 aromatic carbocycles. The maximum absolute atomic E-state index is 12.8. The third-order valence-electron chi connectivity index (χ3n) is 4.24. The lowest BCUT2D eigenvalue weighted by molar-refractivity contribution is 0.102. The second-order valence-corrected chi connectivity index (χ2v) is 5.66. The molecule has 5 heteroatoms. The van der Waals surface area contributed by atoms with E-state index in [1.54, 1.807) is 18.2 Å². The minimum atomic E-state index is -0.256. The van der Waals surface area contributed by atoms with Gasteiger partial charge >= 0.3 is 0 Å². The van der Waals surface area contributed by atoms with Crippen molar-refractivity contribution < 1.29 is 14.3 Å². The number of hydrogen-bond donors (Lipinski definition) is 1. The van der Waals surface area contributed by atoms with E-state index in [0.29, 0.717) is 17.1 Å². The van der Waals surface area contributed by atoms with Crippen LogP contribution in [-0.4, -0.2) is 33.2 Å². The van der Waals surface area contributed by atoms with E-state index < -0.39 is 0 Å². The summed E-state index contributed by atoms with van der Waals surface area (Å²) in [6.45, 7) is 8.13. The van der Waals surface area contributed by atoms with Crippen LogP contribution in [0.1, 0.15) is 29.8 Å². The number of amides is 1. The first kappa shape index (κ1) is 18.6. The van der Waals surface area contributed by atoms with E-state index in [0.717, 1.165) is 30.0 Å². The van der Waals surface area contributed by atoms with E-state index >= 15 is 0 Å². The molecule has 1 amide bonds. The summed E-state index contributed by atoms with van der Waals surface area (Å²) >= 11 is 0. The molecule has 0 atom stereocenters. The van der Waals surface area contributed by atoms with Crippen LogP contribution in [0.15, 0.2) is 36.4 Å². The third-order valence-corrected chi connectivity index (χ3v) is 4.24. The van der Waals surface area contributed by atoms with Crippen LogP contribution in [0.3, 0.4) is 0 Å². The van der Waals surface area contributed by atoms with Gasteiger partial charge in [-0.1, -0.05) is 6.07 Å². The molecule has 0 bridgehead atoms. The molecule has 0 saturated carbocycles. The molecule has 25 heavy (non-hydrogen) atoms. The molecule has 2 rings (SSSR count). The first-order valence-electron chi connectivity index (χ1n) is 8.43. The van der Waals surface area contributed by atoms with Crippen molar-refractivity contribution in [2.45, 2.75) is 20.8 Å². The van der Waals surface area contributed by atoms with Crippen LogP contribution in [0.25, 0.3) is 0 Å². The summed E-state index contributed by atoms with van der Waals surface area (Å²) in [5, 5.41) is 2.96. The van der Waals surface area contributed by atoms with E-state index in [1.165, 1.54) is 14.2 Å². The van der Waals surface area contributed by atoms with Crippen LogP contribution < -0.4 is 19.7 Å². The van der Waals surface area contributed by atoms with Gasteiger partial charge in [-0.25, -0.2) is 0 Å². The fraction of sp³-hybridized carbons (Fsp3) is 0.350. The number of carbonyl (C=O) groups excluding carboxylic acids is 1. The smallest absolute Gasteiger partial charge is 0.263 e. The standard InChI is InChI=1S/C20H26N2O3/c1-6-22(7-2)15-11-12-16(14(3)13-15)21-20(23)19-17(24-4)9-8-10-18(19)25-5/h8-13H,6-7H2,1-5H3,(H,21,23). The number of ether oxygens (including phenoxy) is 2. The first-order valence-corrected chi connectivity index (χ1v) is 8.43. The maximum atomic E-state index is 12.8. The van der Waals surface area contributed by atoms with Crippen molar-refractivity contribution in [1.29, 1.82) is 0 Å². The normalized spacial score (nSPS) is 10.3. The number of nitrogens with one attached hydrogen (secondary N) is 1. The van der Waals surface area contributed by atoms with Crippen molar-refractivity contribution in [2.75, 3.05) is 37.5 Å². The molecule has 134 valence electrons. The number of carbonyl (C=O) groups is 1. The number of methoxy groups -OCH3 is 2. The van der Waals surface area contributed by atoms with E-state index in [4.69, 9.17) is 9.47 Å². The monoisotopic (exact) mass is 342 g/mol. The number of benzene rings is 2. The number of rotatable bonds is 7. The Hall–Kier alpha value is -2.69. The number of anilines is 2. The topological polar surface area (TPSA) is 50.8 Å². The quantitative estimate of drug-likeness (QED) is 0.823. The molecule has 1 N–H and O–H groups in total. The van der Waals surface area contributed by atoms with E-state index in [-0.39, 0.29) is 5.91 Å². The van der Waals surface area contributed by atoms with E-state index in [2.05, 4.69) is 30.1 Å². The van der Waals surface area contributed by atoms with Gasteiger partial charge in [0.05, 0.1) is 14.2 Å². The summed E-state index contributed by atoms with van der Waals surface area (Å²) in [5.74, 6) is 0.705. The van der Waals surface area contributed by atoms with Gasteiger partial charge in [0.2, 0.25) is 0 Å². The van der Waals surface area contributed by atoms with E-state index in [1.807, 2.05) is 19.1 Å². The summed E-state index contributed by atoms with van der Waals surface area (Å²) in [6.07, 6.45) is 0. The Balaban J connectivity index is 2.30. The third kappa shape index (κ3) is 4.05. The lowest BCUT2D eigenvalue weighted by Crippen LogP contribution is -2.22. The van der Waals surface area contributed by atoms with Crippen LogP contribution in [0.2, 0.25) is 0 Å². The van der Waals surface area contributed by atoms with Crippen molar-refractivity contribution in [3.05, 3.63) is 47.5 Å². The SMILES string of the molecule is CCN(CC)c1ccc(NC(=O)c2c(OC)cccc2OC)c(C)c1. The highest BCUT2D eigenvalue weighted by molar-refractivity contribution is 6.08. The Kier molecular flexibility index (Phi) is 6.28. The predicted octanol–water partition coefficient (Wildman–Crippen LogP) is 4.11. The van der Waals surface area contributed by atoms with Crippen LogP contribution in [0, 0.1) is 6.92 Å².